The van der Waals surface area contributed by atoms with Crippen LogP contribution in [0.4, 0.5) is 4.79 Å². The average molecular weight is 233 g/mol. The van der Waals surface area contributed by atoms with Gasteiger partial charge in [0.05, 0.1) is 12.6 Å². The summed E-state index contributed by atoms with van der Waals surface area (Å²) in [6.45, 7) is 3.86. The van der Waals surface area contributed by atoms with Gasteiger partial charge in [-0.05, 0) is 13.3 Å². The van der Waals surface area contributed by atoms with Crippen molar-refractivity contribution in [1.29, 1.82) is 0 Å². The fourth-order valence-corrected chi connectivity index (χ4v) is 1.82. The average Bonchev–Trinajstić information content (AvgIpc) is 2.59. The van der Waals surface area contributed by atoms with Crippen molar-refractivity contribution in [3.8, 4) is 0 Å². The van der Waals surface area contributed by atoms with Gasteiger partial charge in [0, 0.05) is 27.2 Å². The number of rotatable bonds is 4. The van der Waals surface area contributed by atoms with Crippen LogP contribution in [0.25, 0.3) is 0 Å². The quantitative estimate of drug-likeness (QED) is 0.737. The minimum Gasteiger partial charge on any atom is -0.465 e. The predicted octanol–water partition coefficient (Wildman–Crippen LogP) is 1.11. The highest BCUT2D eigenvalue weighted by Crippen LogP contribution is 2.25. The molecule has 0 aliphatic carbocycles. The first-order chi connectivity index (χ1) is 7.41. The molecule has 1 amide bonds. The summed E-state index contributed by atoms with van der Waals surface area (Å²) < 4.78 is 15.7. The van der Waals surface area contributed by atoms with Crippen LogP contribution < -0.4 is 0 Å². The zero-order valence-electron chi connectivity index (χ0n) is 10.1. The molecule has 1 aliphatic rings. The molecule has 6 heteroatoms. The molecule has 16 heavy (non-hydrogen) atoms. The molecule has 1 rings (SSSR count). The van der Waals surface area contributed by atoms with Gasteiger partial charge < -0.3 is 24.2 Å². The number of nitrogens with zero attached hydrogens (tertiary/aromatic N) is 1. The SMILES string of the molecule is COC(C)(OC)O[C@H]1C[C@@H](C)N(C(=O)O)C1. The third-order valence-electron chi connectivity index (χ3n) is 2.90. The van der Waals surface area contributed by atoms with Crippen molar-refractivity contribution in [3.05, 3.63) is 0 Å². The number of amides is 1. The zero-order chi connectivity index (χ0) is 12.3. The van der Waals surface area contributed by atoms with E-state index < -0.39 is 12.1 Å². The summed E-state index contributed by atoms with van der Waals surface area (Å²) in [4.78, 5) is 12.2. The molecule has 2 atom stereocenters. The highest BCUT2D eigenvalue weighted by Gasteiger charge is 2.37. The number of carbonyl (C=O) groups is 1. The van der Waals surface area contributed by atoms with Gasteiger partial charge in [-0.25, -0.2) is 4.79 Å². The van der Waals surface area contributed by atoms with Crippen LogP contribution in [-0.2, 0) is 14.2 Å². The van der Waals surface area contributed by atoms with Crippen molar-refractivity contribution in [3.63, 3.8) is 0 Å². The van der Waals surface area contributed by atoms with E-state index in [1.807, 2.05) is 6.92 Å². The Morgan fingerprint density at radius 1 is 1.44 bits per heavy atom. The Hall–Kier alpha value is -0.850. The number of ether oxygens (including phenoxy) is 3. The maximum absolute atomic E-state index is 10.9. The molecule has 0 aromatic heterocycles. The summed E-state index contributed by atoms with van der Waals surface area (Å²) in [5, 5.41) is 8.92. The molecule has 0 bridgehead atoms. The Morgan fingerprint density at radius 2 is 2.00 bits per heavy atom. The highest BCUT2D eigenvalue weighted by molar-refractivity contribution is 5.65. The summed E-state index contributed by atoms with van der Waals surface area (Å²) in [5.74, 6) is -1.11. The first-order valence-electron chi connectivity index (χ1n) is 5.19. The highest BCUT2D eigenvalue weighted by atomic mass is 16.9. The van der Waals surface area contributed by atoms with Gasteiger partial charge in [0.1, 0.15) is 0 Å². The van der Waals surface area contributed by atoms with Crippen LogP contribution >= 0.6 is 0 Å². The maximum Gasteiger partial charge on any atom is 0.407 e. The summed E-state index contributed by atoms with van der Waals surface area (Å²) in [6.07, 6.45) is -0.472. The first kappa shape index (κ1) is 13.2. The molecule has 1 fully saturated rings. The summed E-state index contributed by atoms with van der Waals surface area (Å²) >= 11 is 0. The first-order valence-corrected chi connectivity index (χ1v) is 5.19. The number of carboxylic acid groups (broad SMARTS) is 1. The van der Waals surface area contributed by atoms with Crippen LogP contribution in [0.5, 0.6) is 0 Å². The van der Waals surface area contributed by atoms with Gasteiger partial charge >= 0.3 is 6.09 Å². The molecule has 0 radical (unpaired) electrons. The maximum atomic E-state index is 10.9. The van der Waals surface area contributed by atoms with E-state index in [4.69, 9.17) is 19.3 Å². The fourth-order valence-electron chi connectivity index (χ4n) is 1.82. The zero-order valence-corrected chi connectivity index (χ0v) is 10.1. The van der Waals surface area contributed by atoms with E-state index in [-0.39, 0.29) is 12.1 Å². The van der Waals surface area contributed by atoms with E-state index in [2.05, 4.69) is 0 Å². The van der Waals surface area contributed by atoms with Gasteiger partial charge in [0.25, 0.3) is 5.97 Å². The summed E-state index contributed by atoms with van der Waals surface area (Å²) in [5.41, 5.74) is 0. The van der Waals surface area contributed by atoms with Crippen molar-refractivity contribution >= 4 is 6.09 Å². The van der Waals surface area contributed by atoms with Crippen molar-refractivity contribution in [2.24, 2.45) is 0 Å². The second-order valence-electron chi connectivity index (χ2n) is 4.03. The van der Waals surface area contributed by atoms with Crippen molar-refractivity contribution in [1.82, 2.24) is 4.90 Å². The van der Waals surface area contributed by atoms with Crippen LogP contribution in [0.15, 0.2) is 0 Å². The lowest BCUT2D eigenvalue weighted by Crippen LogP contribution is -2.39. The third-order valence-corrected chi connectivity index (χ3v) is 2.90. The third kappa shape index (κ3) is 2.84. The van der Waals surface area contributed by atoms with Gasteiger partial charge in [-0.1, -0.05) is 0 Å². The van der Waals surface area contributed by atoms with Gasteiger partial charge in [-0.2, -0.15) is 0 Å². The molecule has 0 aromatic carbocycles. The Bertz CT molecular complexity index is 254. The van der Waals surface area contributed by atoms with E-state index in [0.29, 0.717) is 13.0 Å². The van der Waals surface area contributed by atoms with Crippen LogP contribution in [0.2, 0.25) is 0 Å². The van der Waals surface area contributed by atoms with E-state index in [9.17, 15) is 4.79 Å². The van der Waals surface area contributed by atoms with Crippen LogP contribution in [-0.4, -0.2) is 55.0 Å². The molecule has 1 aliphatic heterocycles. The molecule has 0 aromatic rings. The molecule has 0 unspecified atom stereocenters. The van der Waals surface area contributed by atoms with E-state index in [1.165, 1.54) is 19.1 Å². The van der Waals surface area contributed by atoms with E-state index in [0.717, 1.165) is 0 Å². The van der Waals surface area contributed by atoms with Gasteiger partial charge in [0.15, 0.2) is 0 Å². The van der Waals surface area contributed by atoms with Gasteiger partial charge in [0.2, 0.25) is 0 Å². The van der Waals surface area contributed by atoms with Gasteiger partial charge in [-0.3, -0.25) is 0 Å². The largest absolute Gasteiger partial charge is 0.465 e. The second kappa shape index (κ2) is 4.99. The molecule has 94 valence electrons. The van der Waals surface area contributed by atoms with Gasteiger partial charge in [-0.15, -0.1) is 0 Å². The monoisotopic (exact) mass is 233 g/mol. The minimum atomic E-state index is -1.11. The topological polar surface area (TPSA) is 68.2 Å². The van der Waals surface area contributed by atoms with Crippen LogP contribution in [0, 0.1) is 0 Å². The normalized spacial score (nSPS) is 26.1. The fraction of sp³-hybridized carbons (Fsp3) is 0.900. The predicted molar refractivity (Wildman–Crippen MR) is 56.1 cm³/mol. The number of hydrogen-bond donors (Lipinski definition) is 1. The molecule has 0 saturated carbocycles. The molecular weight excluding hydrogens is 214 g/mol. The Morgan fingerprint density at radius 3 is 2.38 bits per heavy atom. The lowest BCUT2D eigenvalue weighted by molar-refractivity contribution is -0.363. The molecular formula is C10H19NO5. The van der Waals surface area contributed by atoms with Crippen molar-refractivity contribution in [2.45, 2.75) is 38.4 Å². The number of methoxy groups -OCH3 is 2. The van der Waals surface area contributed by atoms with E-state index >= 15 is 0 Å². The molecule has 1 heterocycles. The smallest absolute Gasteiger partial charge is 0.407 e. The van der Waals surface area contributed by atoms with Crippen LogP contribution in [0.1, 0.15) is 20.3 Å². The van der Waals surface area contributed by atoms with E-state index in [1.54, 1.807) is 6.92 Å². The Kier molecular flexibility index (Phi) is 4.12. The molecule has 0 spiro atoms. The Labute approximate surface area is 95.1 Å². The van der Waals surface area contributed by atoms with Crippen molar-refractivity contribution < 1.29 is 24.1 Å². The Balaban J connectivity index is 2.56. The van der Waals surface area contributed by atoms with Crippen molar-refractivity contribution in [2.75, 3.05) is 20.8 Å². The molecule has 6 nitrogen and oxygen atoms in total. The summed E-state index contributed by atoms with van der Waals surface area (Å²) in [7, 11) is 2.97. The minimum absolute atomic E-state index is 0.0412. The second-order valence-corrected chi connectivity index (χ2v) is 4.03. The molecule has 1 N–H and O–H groups in total. The summed E-state index contributed by atoms with van der Waals surface area (Å²) in [6, 6.07) is -0.0412. The number of likely N-dealkylation sites (tertiary alicyclic amines) is 1. The lowest BCUT2D eigenvalue weighted by atomic mass is 10.2. The molecule has 1 saturated heterocycles. The standard InChI is InChI=1S/C10H19NO5/c1-7-5-8(6-11(7)9(12)13)16-10(2,14-3)15-4/h7-8H,5-6H2,1-4H3,(H,12,13)/t7-,8+/m1/s1. The lowest BCUT2D eigenvalue weighted by Gasteiger charge is -2.29. The number of hydrogen-bond acceptors (Lipinski definition) is 4. The van der Waals surface area contributed by atoms with Crippen LogP contribution in [0.3, 0.4) is 0 Å².